The maximum atomic E-state index is 13.0. The van der Waals surface area contributed by atoms with Crippen molar-refractivity contribution in [2.24, 2.45) is 11.8 Å². The zero-order valence-electron chi connectivity index (χ0n) is 17.3. The standard InChI is InChI=1S/C25H25N3O3/c29-23(26-22-14-6-8-16-7-1-2-11-19(16)22)17-9-5-10-18(15-17)28-25(31)21-13-4-3-12-20(21)24(30)27-28/h3-6,8-10,14-15,20-21H,1-2,7,11-13H2,(H,26,29)(H,27,30). The van der Waals surface area contributed by atoms with Gasteiger partial charge in [0.1, 0.15) is 0 Å². The van der Waals surface area contributed by atoms with Gasteiger partial charge in [0.25, 0.3) is 5.91 Å². The minimum absolute atomic E-state index is 0.136. The Hall–Kier alpha value is -3.41. The molecule has 1 aliphatic heterocycles. The van der Waals surface area contributed by atoms with Gasteiger partial charge >= 0.3 is 0 Å². The Morgan fingerprint density at radius 1 is 0.968 bits per heavy atom. The summed E-state index contributed by atoms with van der Waals surface area (Å²) in [5.74, 6) is -1.19. The van der Waals surface area contributed by atoms with Gasteiger partial charge in [-0.05, 0) is 73.9 Å². The highest BCUT2D eigenvalue weighted by Gasteiger charge is 2.42. The summed E-state index contributed by atoms with van der Waals surface area (Å²) in [6.07, 6.45) is 9.38. The molecule has 2 aromatic carbocycles. The van der Waals surface area contributed by atoms with Crippen molar-refractivity contribution in [1.82, 2.24) is 5.43 Å². The summed E-state index contributed by atoms with van der Waals surface area (Å²) in [4.78, 5) is 38.5. The molecule has 1 fully saturated rings. The van der Waals surface area contributed by atoms with Crippen LogP contribution in [0.25, 0.3) is 0 Å². The van der Waals surface area contributed by atoms with Crippen molar-refractivity contribution >= 4 is 29.1 Å². The number of benzene rings is 2. The third-order valence-corrected chi connectivity index (χ3v) is 6.54. The van der Waals surface area contributed by atoms with Gasteiger partial charge in [-0.1, -0.05) is 30.4 Å². The molecule has 3 aliphatic rings. The van der Waals surface area contributed by atoms with Crippen LogP contribution in [-0.4, -0.2) is 17.7 Å². The molecule has 2 N–H and O–H groups in total. The van der Waals surface area contributed by atoms with Crippen LogP contribution in [0.4, 0.5) is 11.4 Å². The number of carbonyl (C=O) groups excluding carboxylic acids is 3. The van der Waals surface area contributed by atoms with E-state index >= 15 is 0 Å². The van der Waals surface area contributed by atoms with Gasteiger partial charge in [0.2, 0.25) is 11.8 Å². The predicted molar refractivity (Wildman–Crippen MR) is 118 cm³/mol. The van der Waals surface area contributed by atoms with Crippen LogP contribution in [0, 0.1) is 11.8 Å². The molecule has 0 aromatic heterocycles. The number of anilines is 2. The average molecular weight is 415 g/mol. The van der Waals surface area contributed by atoms with Crippen molar-refractivity contribution < 1.29 is 14.4 Å². The maximum Gasteiger partial charge on any atom is 0.255 e. The fourth-order valence-electron chi connectivity index (χ4n) is 4.86. The van der Waals surface area contributed by atoms with E-state index < -0.39 is 0 Å². The van der Waals surface area contributed by atoms with Gasteiger partial charge in [0.15, 0.2) is 0 Å². The Balaban J connectivity index is 1.38. The van der Waals surface area contributed by atoms with E-state index in [9.17, 15) is 14.4 Å². The Morgan fingerprint density at radius 3 is 2.61 bits per heavy atom. The summed E-state index contributed by atoms with van der Waals surface area (Å²) in [5, 5.41) is 4.34. The van der Waals surface area contributed by atoms with E-state index in [0.717, 1.165) is 24.9 Å². The molecular weight excluding hydrogens is 390 g/mol. The molecule has 2 unspecified atom stereocenters. The number of fused-ring (bicyclic) bond motifs is 2. The lowest BCUT2D eigenvalue weighted by atomic mass is 9.80. The first kappa shape index (κ1) is 19.5. The quantitative estimate of drug-likeness (QED) is 0.749. The van der Waals surface area contributed by atoms with Gasteiger partial charge in [0.05, 0.1) is 17.5 Å². The highest BCUT2D eigenvalue weighted by atomic mass is 16.2. The maximum absolute atomic E-state index is 13.0. The van der Waals surface area contributed by atoms with Crippen molar-refractivity contribution in [2.75, 3.05) is 10.3 Å². The summed E-state index contributed by atoms with van der Waals surface area (Å²) in [6.45, 7) is 0. The number of hydrogen-bond acceptors (Lipinski definition) is 3. The molecule has 1 saturated heterocycles. The first-order chi connectivity index (χ1) is 15.1. The second-order valence-corrected chi connectivity index (χ2v) is 8.46. The number of hydrogen-bond donors (Lipinski definition) is 2. The smallest absolute Gasteiger partial charge is 0.255 e. The molecule has 31 heavy (non-hydrogen) atoms. The van der Waals surface area contributed by atoms with Crippen molar-refractivity contribution in [3.8, 4) is 0 Å². The van der Waals surface area contributed by atoms with Crippen LogP contribution in [-0.2, 0) is 22.4 Å². The first-order valence-electron chi connectivity index (χ1n) is 10.9. The number of carbonyl (C=O) groups is 3. The van der Waals surface area contributed by atoms with Crippen LogP contribution in [0.5, 0.6) is 0 Å². The Bertz CT molecular complexity index is 1090. The zero-order valence-corrected chi connectivity index (χ0v) is 17.3. The lowest BCUT2D eigenvalue weighted by molar-refractivity contribution is -0.139. The summed E-state index contributed by atoms with van der Waals surface area (Å²) in [6, 6.07) is 12.9. The Morgan fingerprint density at radius 2 is 1.74 bits per heavy atom. The van der Waals surface area contributed by atoms with Crippen LogP contribution >= 0.6 is 0 Å². The summed E-state index contributed by atoms with van der Waals surface area (Å²) < 4.78 is 0. The summed E-state index contributed by atoms with van der Waals surface area (Å²) in [7, 11) is 0. The molecule has 2 atom stereocenters. The molecule has 0 bridgehead atoms. The third-order valence-electron chi connectivity index (χ3n) is 6.54. The molecular formula is C25H25N3O3. The van der Waals surface area contributed by atoms with Gasteiger partial charge in [-0.15, -0.1) is 0 Å². The highest BCUT2D eigenvalue weighted by molar-refractivity contribution is 6.07. The highest BCUT2D eigenvalue weighted by Crippen LogP contribution is 2.33. The zero-order chi connectivity index (χ0) is 21.4. The van der Waals surface area contributed by atoms with Crippen LogP contribution in [0.3, 0.4) is 0 Å². The van der Waals surface area contributed by atoms with Crippen molar-refractivity contribution in [3.05, 3.63) is 71.3 Å². The normalized spacial score (nSPS) is 22.4. The number of rotatable bonds is 3. The van der Waals surface area contributed by atoms with Crippen molar-refractivity contribution in [1.29, 1.82) is 0 Å². The SMILES string of the molecule is O=C(Nc1cccc2c1CCCC2)c1cccc(N2NC(=O)C3CC=CCC3C2=O)c1. The molecule has 2 aromatic rings. The van der Waals surface area contributed by atoms with Crippen molar-refractivity contribution in [3.63, 3.8) is 0 Å². The predicted octanol–water partition coefficient (Wildman–Crippen LogP) is 3.78. The second kappa shape index (κ2) is 8.02. The van der Waals surface area contributed by atoms with Gasteiger partial charge in [0, 0.05) is 11.3 Å². The number of aryl methyl sites for hydroxylation is 1. The van der Waals surface area contributed by atoms with E-state index in [4.69, 9.17) is 0 Å². The lowest BCUT2D eigenvalue weighted by Gasteiger charge is -2.38. The molecule has 5 rings (SSSR count). The molecule has 158 valence electrons. The molecule has 3 amide bonds. The molecule has 0 spiro atoms. The molecule has 0 radical (unpaired) electrons. The Kier molecular flexibility index (Phi) is 5.06. The summed E-state index contributed by atoms with van der Waals surface area (Å²) >= 11 is 0. The van der Waals surface area contributed by atoms with Crippen LogP contribution in [0.15, 0.2) is 54.6 Å². The minimum atomic E-state index is -0.355. The molecule has 0 saturated carbocycles. The molecule has 6 nitrogen and oxygen atoms in total. The summed E-state index contributed by atoms with van der Waals surface area (Å²) in [5.41, 5.74) is 7.03. The van der Waals surface area contributed by atoms with E-state index in [-0.39, 0.29) is 29.6 Å². The number of nitrogens with zero attached hydrogens (tertiary/aromatic N) is 1. The second-order valence-electron chi connectivity index (χ2n) is 8.46. The van der Waals surface area contributed by atoms with Gasteiger partial charge in [-0.2, -0.15) is 0 Å². The van der Waals surface area contributed by atoms with E-state index in [1.165, 1.54) is 22.6 Å². The minimum Gasteiger partial charge on any atom is -0.322 e. The average Bonchev–Trinajstić information content (AvgIpc) is 2.82. The monoisotopic (exact) mass is 415 g/mol. The Labute approximate surface area is 181 Å². The van der Waals surface area contributed by atoms with E-state index in [1.54, 1.807) is 24.3 Å². The fourth-order valence-corrected chi connectivity index (χ4v) is 4.86. The van der Waals surface area contributed by atoms with E-state index in [1.807, 2.05) is 24.3 Å². The van der Waals surface area contributed by atoms with E-state index in [2.05, 4.69) is 16.8 Å². The van der Waals surface area contributed by atoms with Gasteiger partial charge in [-0.25, -0.2) is 5.01 Å². The fraction of sp³-hybridized carbons (Fsp3) is 0.320. The molecule has 2 aliphatic carbocycles. The van der Waals surface area contributed by atoms with Crippen LogP contribution in [0.1, 0.15) is 47.2 Å². The number of nitrogens with one attached hydrogen (secondary N) is 2. The first-order valence-corrected chi connectivity index (χ1v) is 10.9. The van der Waals surface area contributed by atoms with Crippen molar-refractivity contribution in [2.45, 2.75) is 38.5 Å². The molecule has 6 heteroatoms. The topological polar surface area (TPSA) is 78.5 Å². The van der Waals surface area contributed by atoms with Crippen LogP contribution in [0.2, 0.25) is 0 Å². The largest absolute Gasteiger partial charge is 0.322 e. The van der Waals surface area contributed by atoms with Crippen LogP contribution < -0.4 is 15.8 Å². The van der Waals surface area contributed by atoms with Gasteiger partial charge in [-0.3, -0.25) is 19.8 Å². The third kappa shape index (κ3) is 3.63. The number of hydrazine groups is 1. The number of allylic oxidation sites excluding steroid dienone is 2. The van der Waals surface area contributed by atoms with Gasteiger partial charge < -0.3 is 5.32 Å². The molecule has 1 heterocycles. The lowest BCUT2D eigenvalue weighted by Crippen LogP contribution is -2.59. The number of amides is 3. The van der Waals surface area contributed by atoms with E-state index in [0.29, 0.717) is 24.1 Å².